The summed E-state index contributed by atoms with van der Waals surface area (Å²) < 4.78 is 0. The van der Waals surface area contributed by atoms with Crippen LogP contribution >= 0.6 is 23.8 Å². The van der Waals surface area contributed by atoms with Crippen molar-refractivity contribution < 1.29 is 4.92 Å². The van der Waals surface area contributed by atoms with Gasteiger partial charge >= 0.3 is 0 Å². The summed E-state index contributed by atoms with van der Waals surface area (Å²) in [5.41, 5.74) is 0.396. The Morgan fingerprint density at radius 3 is 2.54 bits per heavy atom. The number of hydrogen-bond donors (Lipinski definition) is 0. The molecular formula is C17H26ClN3O2S. The molecule has 5 nitrogen and oxygen atoms in total. The Morgan fingerprint density at radius 1 is 1.38 bits per heavy atom. The van der Waals surface area contributed by atoms with Gasteiger partial charge in [0.25, 0.3) is 5.69 Å². The smallest absolute Gasteiger partial charge is 0.281 e. The predicted molar refractivity (Wildman–Crippen MR) is 104 cm³/mol. The van der Waals surface area contributed by atoms with Crippen molar-refractivity contribution in [1.82, 2.24) is 9.80 Å². The average molecular weight is 372 g/mol. The van der Waals surface area contributed by atoms with E-state index in [-0.39, 0.29) is 11.7 Å². The summed E-state index contributed by atoms with van der Waals surface area (Å²) in [6.07, 6.45) is 2.05. The third kappa shape index (κ3) is 5.69. The zero-order valence-corrected chi connectivity index (χ0v) is 16.4. The highest BCUT2D eigenvalue weighted by molar-refractivity contribution is 7.80. The first-order valence-corrected chi connectivity index (χ1v) is 9.03. The third-order valence-electron chi connectivity index (χ3n) is 4.36. The summed E-state index contributed by atoms with van der Waals surface area (Å²) in [4.78, 5) is 15.6. The van der Waals surface area contributed by atoms with Crippen molar-refractivity contribution in [3.63, 3.8) is 0 Å². The van der Waals surface area contributed by atoms with Gasteiger partial charge in [-0.25, -0.2) is 0 Å². The molecule has 0 spiro atoms. The summed E-state index contributed by atoms with van der Waals surface area (Å²) in [5.74, 6) is 0. The van der Waals surface area contributed by atoms with Crippen molar-refractivity contribution in [2.75, 3.05) is 26.7 Å². The van der Waals surface area contributed by atoms with E-state index in [1.54, 1.807) is 12.1 Å². The molecule has 0 N–H and O–H groups in total. The molecule has 1 aromatic carbocycles. The van der Waals surface area contributed by atoms with Gasteiger partial charge < -0.3 is 9.80 Å². The zero-order valence-electron chi connectivity index (χ0n) is 14.8. The van der Waals surface area contributed by atoms with Crippen molar-refractivity contribution in [1.29, 1.82) is 0 Å². The minimum atomic E-state index is -0.438. The van der Waals surface area contributed by atoms with Gasteiger partial charge in [-0.1, -0.05) is 37.7 Å². The molecule has 1 atom stereocenters. The van der Waals surface area contributed by atoms with Crippen LogP contribution in [-0.4, -0.2) is 52.4 Å². The lowest BCUT2D eigenvalue weighted by atomic mass is 10.1. The number of rotatable bonds is 9. The molecule has 0 radical (unpaired) electrons. The molecule has 0 aromatic heterocycles. The van der Waals surface area contributed by atoms with E-state index in [1.165, 1.54) is 6.07 Å². The first kappa shape index (κ1) is 20.8. The van der Waals surface area contributed by atoms with Gasteiger partial charge in [-0.05, 0) is 51.5 Å². The second-order valence-electron chi connectivity index (χ2n) is 5.85. The first-order chi connectivity index (χ1) is 11.3. The minimum absolute atomic E-state index is 0.0466. The van der Waals surface area contributed by atoms with Crippen LogP contribution in [0.15, 0.2) is 18.2 Å². The van der Waals surface area contributed by atoms with Gasteiger partial charge in [0, 0.05) is 24.2 Å². The summed E-state index contributed by atoms with van der Waals surface area (Å²) >= 11 is 11.4. The van der Waals surface area contributed by atoms with Crippen molar-refractivity contribution >= 4 is 34.5 Å². The molecule has 0 aliphatic rings. The number of thiocarbonyl (C=S) groups is 1. The maximum Gasteiger partial charge on any atom is 0.281 e. The van der Waals surface area contributed by atoms with Crippen molar-refractivity contribution in [2.24, 2.45) is 0 Å². The number of nitro benzene ring substituents is 1. The Hall–Kier alpha value is -1.24. The van der Waals surface area contributed by atoms with E-state index in [0.717, 1.165) is 32.5 Å². The van der Waals surface area contributed by atoms with Crippen LogP contribution in [0.2, 0.25) is 5.02 Å². The minimum Gasteiger partial charge on any atom is -0.362 e. The third-order valence-corrected chi connectivity index (χ3v) is 5.10. The lowest BCUT2D eigenvalue weighted by Gasteiger charge is -2.28. The molecule has 0 saturated carbocycles. The highest BCUT2D eigenvalue weighted by Crippen LogP contribution is 2.25. The first-order valence-electron chi connectivity index (χ1n) is 8.25. The van der Waals surface area contributed by atoms with Gasteiger partial charge in [0.2, 0.25) is 0 Å². The summed E-state index contributed by atoms with van der Waals surface area (Å²) in [6, 6.07) is 4.82. The van der Waals surface area contributed by atoms with E-state index in [1.807, 2.05) is 11.9 Å². The van der Waals surface area contributed by atoms with Gasteiger partial charge in [0.1, 0.15) is 4.99 Å². The number of benzene rings is 1. The van der Waals surface area contributed by atoms with E-state index >= 15 is 0 Å². The summed E-state index contributed by atoms with van der Waals surface area (Å²) in [5, 5.41) is 11.6. The Bertz CT molecular complexity index is 579. The van der Waals surface area contributed by atoms with Gasteiger partial charge in [-0.15, -0.1) is 0 Å². The lowest BCUT2D eigenvalue weighted by Crippen LogP contribution is -2.35. The van der Waals surface area contributed by atoms with Crippen LogP contribution < -0.4 is 0 Å². The van der Waals surface area contributed by atoms with E-state index in [4.69, 9.17) is 23.8 Å². The van der Waals surface area contributed by atoms with Gasteiger partial charge in [0.15, 0.2) is 0 Å². The summed E-state index contributed by atoms with van der Waals surface area (Å²) in [7, 11) is 1.89. The molecule has 1 unspecified atom stereocenters. The molecule has 0 fully saturated rings. The highest BCUT2D eigenvalue weighted by Gasteiger charge is 2.22. The second kappa shape index (κ2) is 9.91. The maximum absolute atomic E-state index is 11.2. The average Bonchev–Trinajstić information content (AvgIpc) is 2.57. The monoisotopic (exact) mass is 371 g/mol. The zero-order chi connectivity index (χ0) is 18.3. The van der Waals surface area contributed by atoms with E-state index < -0.39 is 4.92 Å². The number of nitrogens with zero attached hydrogens (tertiary/aromatic N) is 3. The number of hydrogen-bond acceptors (Lipinski definition) is 4. The molecule has 134 valence electrons. The van der Waals surface area contributed by atoms with Crippen LogP contribution in [-0.2, 0) is 0 Å². The molecule has 0 heterocycles. The molecule has 7 heteroatoms. The van der Waals surface area contributed by atoms with Crippen LogP contribution in [0, 0.1) is 10.1 Å². The Labute approximate surface area is 154 Å². The van der Waals surface area contributed by atoms with Crippen LogP contribution in [0.3, 0.4) is 0 Å². The fourth-order valence-electron chi connectivity index (χ4n) is 2.57. The highest BCUT2D eigenvalue weighted by atomic mass is 35.5. The topological polar surface area (TPSA) is 49.6 Å². The van der Waals surface area contributed by atoms with Crippen LogP contribution in [0.25, 0.3) is 0 Å². The fraction of sp³-hybridized carbons (Fsp3) is 0.588. The van der Waals surface area contributed by atoms with Crippen LogP contribution in [0.1, 0.15) is 39.2 Å². The van der Waals surface area contributed by atoms with E-state index in [9.17, 15) is 10.1 Å². The quantitative estimate of drug-likeness (QED) is 0.366. The van der Waals surface area contributed by atoms with Gasteiger partial charge in [-0.3, -0.25) is 10.1 Å². The standard InChI is InChI=1S/C17H26ClN3O2S/c1-5-20(6-2)11-7-8-13(3)19(4)17(24)15-10-9-14(18)12-16(15)21(22)23/h9-10,12-13H,5-8,11H2,1-4H3. The second-order valence-corrected chi connectivity index (χ2v) is 6.68. The molecule has 0 aliphatic carbocycles. The van der Waals surface area contributed by atoms with Crippen molar-refractivity contribution in [3.05, 3.63) is 38.9 Å². The molecule has 0 saturated heterocycles. The molecule has 24 heavy (non-hydrogen) atoms. The van der Waals surface area contributed by atoms with Gasteiger partial charge in [-0.2, -0.15) is 0 Å². The molecule has 1 aromatic rings. The Kier molecular flexibility index (Phi) is 8.59. The van der Waals surface area contributed by atoms with E-state index in [2.05, 4.69) is 25.7 Å². The largest absolute Gasteiger partial charge is 0.362 e. The summed E-state index contributed by atoms with van der Waals surface area (Å²) in [6.45, 7) is 9.57. The molecule has 0 amide bonds. The molecule has 0 bridgehead atoms. The van der Waals surface area contributed by atoms with Crippen LogP contribution in [0.4, 0.5) is 5.69 Å². The SMILES string of the molecule is CCN(CC)CCCC(C)N(C)C(=S)c1ccc(Cl)cc1[N+](=O)[O-]. The Morgan fingerprint density at radius 2 is 2.00 bits per heavy atom. The normalized spacial score (nSPS) is 12.2. The van der Waals surface area contributed by atoms with Crippen LogP contribution in [0.5, 0.6) is 0 Å². The maximum atomic E-state index is 11.2. The van der Waals surface area contributed by atoms with Gasteiger partial charge in [0.05, 0.1) is 10.5 Å². The van der Waals surface area contributed by atoms with Crippen molar-refractivity contribution in [2.45, 2.75) is 39.7 Å². The molecular weight excluding hydrogens is 346 g/mol. The Balaban J connectivity index is 2.75. The molecule has 1 rings (SSSR count). The molecule has 0 aliphatic heterocycles. The van der Waals surface area contributed by atoms with E-state index in [0.29, 0.717) is 15.6 Å². The number of halogens is 1. The van der Waals surface area contributed by atoms with Crippen molar-refractivity contribution in [3.8, 4) is 0 Å². The number of nitro groups is 1. The predicted octanol–water partition coefficient (Wildman–Crippen LogP) is 4.37. The fourth-order valence-corrected chi connectivity index (χ4v) is 3.09. The lowest BCUT2D eigenvalue weighted by molar-refractivity contribution is -0.385.